The van der Waals surface area contributed by atoms with Gasteiger partial charge in [0.25, 0.3) is 50.9 Å². The molecule has 10 rings (SSSR count). The van der Waals surface area contributed by atoms with Crippen molar-refractivity contribution in [2.75, 3.05) is 0 Å². The van der Waals surface area contributed by atoms with Gasteiger partial charge in [0.1, 0.15) is 0 Å². The molecule has 0 radical (unpaired) electrons. The molecule has 0 aliphatic heterocycles. The van der Waals surface area contributed by atoms with E-state index in [0.29, 0.717) is 0 Å². The fourth-order valence-corrected chi connectivity index (χ4v) is 14.4. The highest BCUT2D eigenvalue weighted by Gasteiger charge is 2.24. The lowest BCUT2D eigenvalue weighted by Crippen LogP contribution is -2.40. The largest absolute Gasteiger partial charge is 0.328 e. The monoisotopic (exact) mass is 1540 g/mol. The first-order valence-corrected chi connectivity index (χ1v) is 36.7. The van der Waals surface area contributed by atoms with Gasteiger partial charge in [-0.2, -0.15) is 0 Å². The molecule has 0 heterocycles. The molecule has 0 bridgehead atoms. The first kappa shape index (κ1) is 105. The van der Waals surface area contributed by atoms with Gasteiger partial charge in [0, 0.05) is 60.4 Å². The SMILES string of the molecule is C1CCC(NC2CCCCC2)CC1.C1CCC(NC2CCCCC2)CC1.C1CCC(NC2CCCCC2)CC1.C1CCC(NC2CCCCC2)CC1.C1CCC(NC2CCCCC2)CC1.O=[N+]([O-])O.O=[N+]([O-])O.O=[N+]([O-])O.O=[N+]([O-])O.O=[N+]([O-])O.O=[N+]([O-])O.O=[N+]([O-])O.O=[N+]([O-])O.O=[N+]([O-])O.O=[N+]([O-])O. The molecule has 0 aromatic heterocycles. The van der Waals surface area contributed by atoms with Crippen LogP contribution in [-0.4, -0.2) is 163 Å². The van der Waals surface area contributed by atoms with Gasteiger partial charge in [-0.05, 0) is 128 Å². The van der Waals surface area contributed by atoms with Crippen molar-refractivity contribution >= 4 is 0 Å². The Morgan fingerprint density at radius 2 is 0.190 bits per heavy atom. The average Bonchev–Trinajstić information content (AvgIpc) is 0.950. The molecule has 105 heavy (non-hydrogen) atoms. The van der Waals surface area contributed by atoms with E-state index in [0.717, 1.165) is 60.4 Å². The Morgan fingerprint density at radius 1 is 0.143 bits per heavy atom. The third-order valence-corrected chi connectivity index (χ3v) is 18.4. The Bertz CT molecular complexity index is 1610. The number of hydrogen-bond acceptors (Lipinski definition) is 25. The predicted octanol–water partition coefficient (Wildman–Crippen LogP) is 12.7. The zero-order chi connectivity index (χ0) is 80.4. The van der Waals surface area contributed by atoms with Gasteiger partial charge in [0.2, 0.25) is 0 Å². The summed E-state index contributed by atoms with van der Waals surface area (Å²) in [5.74, 6) is 0. The van der Waals surface area contributed by atoms with Crippen molar-refractivity contribution in [3.05, 3.63) is 101 Å². The van der Waals surface area contributed by atoms with Crippen LogP contribution in [0.2, 0.25) is 0 Å². The molecule has 0 amide bonds. The summed E-state index contributed by atoms with van der Waals surface area (Å²) in [6.07, 6.45) is 72.8. The van der Waals surface area contributed by atoms with Crippen molar-refractivity contribution in [3.63, 3.8) is 0 Å². The molecular weight excluding hydrogens is 1410 g/mol. The zero-order valence-electron chi connectivity index (χ0n) is 60.7. The summed E-state index contributed by atoms with van der Waals surface area (Å²) >= 11 is 0. The van der Waals surface area contributed by atoms with Crippen LogP contribution in [0.25, 0.3) is 0 Å². The fourth-order valence-electron chi connectivity index (χ4n) is 14.4. The lowest BCUT2D eigenvalue weighted by atomic mass is 9.91. The molecule has 0 spiro atoms. The second-order valence-electron chi connectivity index (χ2n) is 26.6. The number of nitrogens with zero attached hydrogens (tertiary/aromatic N) is 10. The molecule has 0 aromatic rings. The van der Waals surface area contributed by atoms with E-state index in [4.69, 9.17) is 153 Å². The smallest absolute Gasteiger partial charge is 0.291 e. The summed E-state index contributed by atoms with van der Waals surface area (Å²) in [5, 5.41) is 156. The van der Waals surface area contributed by atoms with Crippen molar-refractivity contribution in [1.29, 1.82) is 0 Å². The lowest BCUT2D eigenvalue weighted by Gasteiger charge is -2.30. The van der Waals surface area contributed by atoms with Crippen LogP contribution in [0.4, 0.5) is 0 Å². The number of hydrogen-bond donors (Lipinski definition) is 15. The molecule has 0 atom stereocenters. The van der Waals surface area contributed by atoms with E-state index in [-0.39, 0.29) is 0 Å². The van der Waals surface area contributed by atoms with Crippen molar-refractivity contribution in [1.82, 2.24) is 26.6 Å². The normalized spacial score (nSPS) is 19.4. The first-order chi connectivity index (χ1) is 49.6. The molecule has 0 unspecified atom stereocenters. The Kier molecular flexibility index (Phi) is 75.8. The van der Waals surface area contributed by atoms with E-state index in [9.17, 15) is 0 Å². The fraction of sp³-hybridized carbons (Fsp3) is 1.00. The van der Waals surface area contributed by atoms with Gasteiger partial charge in [0.05, 0.1) is 0 Å². The Balaban J connectivity index is -0.000000353. The highest BCUT2D eigenvalue weighted by atomic mass is 16.9. The van der Waals surface area contributed by atoms with E-state index in [1.54, 1.807) is 0 Å². The summed E-state index contributed by atoms with van der Waals surface area (Å²) in [4.78, 5) is 83.6. The van der Waals surface area contributed by atoms with E-state index < -0.39 is 50.9 Å². The van der Waals surface area contributed by atoms with E-state index in [1.165, 1.54) is 321 Å². The first-order valence-electron chi connectivity index (χ1n) is 36.7. The maximum absolute atomic E-state index is 8.36. The molecule has 10 aliphatic carbocycles. The standard InChI is InChI=1S/5C12H23N.10HNO3/c5*1-3-7-11(8-4-1)13-12-9-5-2-6-10-12;10*2-1(3)4/h5*11-13H,1-10H2;10*(H,2,3,4). The second-order valence-corrected chi connectivity index (χ2v) is 26.6. The van der Waals surface area contributed by atoms with Gasteiger partial charge in [0.15, 0.2) is 0 Å². The van der Waals surface area contributed by atoms with Crippen molar-refractivity contribution < 1.29 is 103 Å². The Morgan fingerprint density at radius 3 is 0.238 bits per heavy atom. The lowest BCUT2D eigenvalue weighted by molar-refractivity contribution is -0.742. The summed E-state index contributed by atoms with van der Waals surface area (Å²) < 4.78 is 0. The predicted molar refractivity (Wildman–Crippen MR) is 372 cm³/mol. The molecule has 10 fully saturated rings. The minimum atomic E-state index is -1.50. The number of rotatable bonds is 10. The highest BCUT2D eigenvalue weighted by molar-refractivity contribution is 4.84. The van der Waals surface area contributed by atoms with Crippen LogP contribution in [-0.2, 0) is 0 Å². The Labute approximate surface area is 610 Å². The van der Waals surface area contributed by atoms with Crippen LogP contribution in [0.15, 0.2) is 0 Å². The van der Waals surface area contributed by atoms with Crippen LogP contribution in [0.5, 0.6) is 0 Å². The summed E-state index contributed by atoms with van der Waals surface area (Å²) in [7, 11) is 0. The van der Waals surface area contributed by atoms with E-state index >= 15 is 0 Å². The number of nitrogens with one attached hydrogen (secondary N) is 5. The zero-order valence-corrected chi connectivity index (χ0v) is 60.7. The molecule has 0 saturated heterocycles. The van der Waals surface area contributed by atoms with Crippen LogP contribution in [0.1, 0.15) is 321 Å². The van der Waals surface area contributed by atoms with Crippen LogP contribution < -0.4 is 26.6 Å². The average molecular weight is 1540 g/mol. The quantitative estimate of drug-likeness (QED) is 0.0713. The topological polar surface area (TPSA) is 694 Å². The van der Waals surface area contributed by atoms with Crippen molar-refractivity contribution in [2.24, 2.45) is 0 Å². The molecule has 10 aliphatic rings. The third-order valence-electron chi connectivity index (χ3n) is 18.4. The van der Waals surface area contributed by atoms with Gasteiger partial charge in [-0.25, -0.2) is 0 Å². The van der Waals surface area contributed by atoms with Gasteiger partial charge < -0.3 is 78.7 Å². The van der Waals surface area contributed by atoms with Crippen LogP contribution >= 0.6 is 0 Å². The molecule has 45 nitrogen and oxygen atoms in total. The maximum Gasteiger partial charge on any atom is 0.291 e. The molecular formula is C60H125N15O30. The van der Waals surface area contributed by atoms with Crippen LogP contribution in [0.3, 0.4) is 0 Å². The summed E-state index contributed by atoms with van der Waals surface area (Å²) in [6.45, 7) is 0. The van der Waals surface area contributed by atoms with Gasteiger partial charge >= 0.3 is 0 Å². The molecule has 0 aromatic carbocycles. The van der Waals surface area contributed by atoms with E-state index in [1.807, 2.05) is 0 Å². The van der Waals surface area contributed by atoms with Gasteiger partial charge in [-0.1, -0.05) is 193 Å². The molecule has 620 valence electrons. The van der Waals surface area contributed by atoms with Gasteiger partial charge in [-0.3, -0.25) is 0 Å². The third kappa shape index (κ3) is 100. The minimum Gasteiger partial charge on any atom is -0.328 e. The van der Waals surface area contributed by atoms with Gasteiger partial charge in [-0.15, -0.1) is 101 Å². The Hall–Kier alpha value is -8.20. The van der Waals surface area contributed by atoms with Crippen molar-refractivity contribution in [2.45, 2.75) is 381 Å². The van der Waals surface area contributed by atoms with E-state index in [2.05, 4.69) is 26.6 Å². The molecule has 10 saturated carbocycles. The summed E-state index contributed by atoms with van der Waals surface area (Å²) in [5.41, 5.74) is 0. The maximum atomic E-state index is 8.36. The highest BCUT2D eigenvalue weighted by Crippen LogP contribution is 2.27. The minimum absolute atomic E-state index is 0.872. The second kappa shape index (κ2) is 75.5. The molecule has 45 heteroatoms. The summed E-state index contributed by atoms with van der Waals surface area (Å²) in [6, 6.07) is 8.72. The molecule has 15 N–H and O–H groups in total. The van der Waals surface area contributed by atoms with Crippen molar-refractivity contribution in [3.8, 4) is 0 Å². The van der Waals surface area contributed by atoms with Crippen LogP contribution in [0, 0.1) is 101 Å².